The normalized spacial score (nSPS) is 17.0. The minimum absolute atomic E-state index is 0.0721. The molecular weight excluding hydrogens is 135 g/mol. The van der Waals surface area contributed by atoms with Gasteiger partial charge in [0, 0.05) is 0 Å². The molecule has 1 N–H and O–H groups in total. The molecule has 0 aliphatic heterocycles. The zero-order valence-electron chi connectivity index (χ0n) is 5.24. The lowest BCUT2D eigenvalue weighted by Crippen LogP contribution is -1.78. The molecular formula is C6H9O2P. The maximum Gasteiger partial charge on any atom is 0.233 e. The summed E-state index contributed by atoms with van der Waals surface area (Å²) in [5, 5.41) is 0. The Morgan fingerprint density at radius 1 is 1.89 bits per heavy atom. The Labute approximate surface area is 55.0 Å². The van der Waals surface area contributed by atoms with Crippen molar-refractivity contribution in [2.45, 2.75) is 6.92 Å². The molecule has 3 heteroatoms. The summed E-state index contributed by atoms with van der Waals surface area (Å²) in [4.78, 5) is 8.84. The van der Waals surface area contributed by atoms with E-state index in [0.717, 1.165) is 0 Å². The van der Waals surface area contributed by atoms with Gasteiger partial charge in [-0.3, -0.25) is 4.57 Å². The molecule has 0 aliphatic rings. The van der Waals surface area contributed by atoms with E-state index in [1.165, 1.54) is 11.9 Å². The van der Waals surface area contributed by atoms with Crippen molar-refractivity contribution in [3.63, 3.8) is 0 Å². The van der Waals surface area contributed by atoms with Gasteiger partial charge in [-0.2, -0.15) is 0 Å². The molecule has 0 fully saturated rings. The highest BCUT2D eigenvalue weighted by atomic mass is 31.2. The molecule has 50 valence electrons. The van der Waals surface area contributed by atoms with Crippen molar-refractivity contribution in [1.82, 2.24) is 0 Å². The van der Waals surface area contributed by atoms with E-state index in [1.807, 2.05) is 0 Å². The summed E-state index contributed by atoms with van der Waals surface area (Å²) in [7, 11) is -3.11. The summed E-state index contributed by atoms with van der Waals surface area (Å²) in [5.41, 5.74) is 0. The molecule has 9 heavy (non-hydrogen) atoms. The maximum absolute atomic E-state index is 10.7. The first-order valence-corrected chi connectivity index (χ1v) is 4.42. The molecule has 0 saturated heterocycles. The van der Waals surface area contributed by atoms with Crippen molar-refractivity contribution in [3.05, 3.63) is 11.9 Å². The van der Waals surface area contributed by atoms with Gasteiger partial charge >= 0.3 is 0 Å². The molecule has 2 nitrogen and oxygen atoms in total. The first-order chi connectivity index (χ1) is 4.12. The molecule has 0 rings (SSSR count). The SMILES string of the molecule is C#CCP(=O)(O)C=CC. The highest BCUT2D eigenvalue weighted by Gasteiger charge is 2.09. The van der Waals surface area contributed by atoms with Crippen LogP contribution in [0.4, 0.5) is 0 Å². The van der Waals surface area contributed by atoms with Gasteiger partial charge in [0.1, 0.15) is 0 Å². The lowest BCUT2D eigenvalue weighted by atomic mass is 10.8. The second-order valence-electron chi connectivity index (χ2n) is 1.60. The lowest BCUT2D eigenvalue weighted by molar-refractivity contribution is 0.492. The van der Waals surface area contributed by atoms with E-state index in [0.29, 0.717) is 0 Å². The van der Waals surface area contributed by atoms with Gasteiger partial charge in [0.05, 0.1) is 6.16 Å². The fourth-order valence-corrected chi connectivity index (χ4v) is 1.25. The van der Waals surface area contributed by atoms with Crippen LogP contribution in [0.3, 0.4) is 0 Å². The van der Waals surface area contributed by atoms with E-state index in [4.69, 9.17) is 11.3 Å². The van der Waals surface area contributed by atoms with Crippen molar-refractivity contribution < 1.29 is 9.46 Å². The average molecular weight is 144 g/mol. The maximum atomic E-state index is 10.7. The van der Waals surface area contributed by atoms with E-state index in [-0.39, 0.29) is 6.16 Å². The molecule has 0 heterocycles. The van der Waals surface area contributed by atoms with Gasteiger partial charge in [-0.15, -0.1) is 6.42 Å². The van der Waals surface area contributed by atoms with E-state index in [2.05, 4.69) is 5.92 Å². The van der Waals surface area contributed by atoms with E-state index < -0.39 is 7.37 Å². The number of hydrogen-bond donors (Lipinski definition) is 1. The van der Waals surface area contributed by atoms with Crippen LogP contribution in [0.15, 0.2) is 11.9 Å². The summed E-state index contributed by atoms with van der Waals surface area (Å²) in [5.74, 6) is 3.37. The summed E-state index contributed by atoms with van der Waals surface area (Å²) in [6, 6.07) is 0. The van der Waals surface area contributed by atoms with Crippen LogP contribution >= 0.6 is 7.37 Å². The fraction of sp³-hybridized carbons (Fsp3) is 0.333. The predicted molar refractivity (Wildman–Crippen MR) is 38.3 cm³/mol. The van der Waals surface area contributed by atoms with Crippen LogP contribution in [0.25, 0.3) is 0 Å². The van der Waals surface area contributed by atoms with Crippen LogP contribution in [0.2, 0.25) is 0 Å². The zero-order valence-corrected chi connectivity index (χ0v) is 6.14. The van der Waals surface area contributed by atoms with Gasteiger partial charge in [-0.25, -0.2) is 0 Å². The van der Waals surface area contributed by atoms with Crippen molar-refractivity contribution >= 4 is 7.37 Å². The number of rotatable bonds is 2. The third kappa shape index (κ3) is 4.02. The van der Waals surface area contributed by atoms with Gasteiger partial charge in [-0.1, -0.05) is 12.0 Å². The Balaban J connectivity index is 4.07. The second-order valence-corrected chi connectivity index (χ2v) is 3.73. The van der Waals surface area contributed by atoms with Crippen molar-refractivity contribution in [1.29, 1.82) is 0 Å². The number of terminal acetylenes is 1. The third-order valence-electron chi connectivity index (χ3n) is 0.700. The van der Waals surface area contributed by atoms with E-state index in [9.17, 15) is 4.57 Å². The minimum atomic E-state index is -3.11. The summed E-state index contributed by atoms with van der Waals surface area (Å²) in [6.07, 6.45) is 6.28. The third-order valence-corrected chi connectivity index (χ3v) is 2.10. The molecule has 1 atom stereocenters. The Hall–Kier alpha value is -0.510. The molecule has 0 saturated carbocycles. The smallest absolute Gasteiger partial charge is 0.233 e. The molecule has 0 aliphatic carbocycles. The lowest BCUT2D eigenvalue weighted by Gasteiger charge is -1.97. The zero-order chi connectivity index (χ0) is 7.33. The molecule has 0 aromatic heterocycles. The molecule has 1 unspecified atom stereocenters. The van der Waals surface area contributed by atoms with Gasteiger partial charge in [0.25, 0.3) is 0 Å². The highest BCUT2D eigenvalue weighted by molar-refractivity contribution is 7.61. The molecule has 0 aromatic carbocycles. The van der Waals surface area contributed by atoms with E-state index in [1.54, 1.807) is 6.92 Å². The number of hydrogen-bond acceptors (Lipinski definition) is 1. The average Bonchev–Trinajstić information content (AvgIpc) is 1.64. The summed E-state index contributed by atoms with van der Waals surface area (Å²) < 4.78 is 10.7. The highest BCUT2D eigenvalue weighted by Crippen LogP contribution is 2.40. The van der Waals surface area contributed by atoms with Gasteiger partial charge in [0.2, 0.25) is 7.37 Å². The Bertz CT molecular complexity index is 188. The van der Waals surface area contributed by atoms with Crippen LogP contribution in [0.1, 0.15) is 6.92 Å². The fourth-order valence-electron chi connectivity index (χ4n) is 0.416. The summed E-state index contributed by atoms with van der Waals surface area (Å²) in [6.45, 7) is 1.68. The predicted octanol–water partition coefficient (Wildman–Crippen LogP) is 1.42. The van der Waals surface area contributed by atoms with Gasteiger partial charge < -0.3 is 4.89 Å². The standard InChI is InChI=1S/C6H9O2P/c1-3-5-9(7,8)6-4-2/h1,4,6H,5H2,2H3,(H,7,8). The van der Waals surface area contributed by atoms with Crippen LogP contribution in [0, 0.1) is 12.3 Å². The van der Waals surface area contributed by atoms with Crippen LogP contribution in [0.5, 0.6) is 0 Å². The van der Waals surface area contributed by atoms with E-state index >= 15 is 0 Å². The first-order valence-electron chi connectivity index (χ1n) is 2.51. The molecule has 0 aromatic rings. The Morgan fingerprint density at radius 3 is 2.78 bits per heavy atom. The van der Waals surface area contributed by atoms with Crippen molar-refractivity contribution in [2.24, 2.45) is 0 Å². The minimum Gasteiger partial charge on any atom is -0.341 e. The molecule has 0 radical (unpaired) electrons. The van der Waals surface area contributed by atoms with Crippen LogP contribution < -0.4 is 0 Å². The van der Waals surface area contributed by atoms with Crippen LogP contribution in [-0.2, 0) is 4.57 Å². The largest absolute Gasteiger partial charge is 0.341 e. The quantitative estimate of drug-likeness (QED) is 0.470. The monoisotopic (exact) mass is 144 g/mol. The topological polar surface area (TPSA) is 37.3 Å². The molecule has 0 amide bonds. The van der Waals surface area contributed by atoms with Crippen molar-refractivity contribution in [2.75, 3.05) is 6.16 Å². The van der Waals surface area contributed by atoms with Gasteiger partial charge in [-0.05, 0) is 12.7 Å². The Morgan fingerprint density at radius 2 is 2.44 bits per heavy atom. The van der Waals surface area contributed by atoms with Crippen molar-refractivity contribution in [3.8, 4) is 12.3 Å². The Kier molecular flexibility index (Phi) is 3.30. The van der Waals surface area contributed by atoms with Gasteiger partial charge in [0.15, 0.2) is 0 Å². The number of allylic oxidation sites excluding steroid dienone is 1. The van der Waals surface area contributed by atoms with Crippen LogP contribution in [-0.4, -0.2) is 11.1 Å². The first kappa shape index (κ1) is 8.49. The second kappa shape index (κ2) is 3.50. The molecule has 0 spiro atoms. The summed E-state index contributed by atoms with van der Waals surface area (Å²) >= 11 is 0. The molecule has 0 bridgehead atoms.